The summed E-state index contributed by atoms with van der Waals surface area (Å²) in [6.07, 6.45) is -2.27. The van der Waals surface area contributed by atoms with Crippen molar-refractivity contribution in [3.8, 4) is 0 Å². The number of hydrogen-bond acceptors (Lipinski definition) is 5. The van der Waals surface area contributed by atoms with Crippen LogP contribution in [0.25, 0.3) is 0 Å². The first-order valence-electron chi connectivity index (χ1n) is 10.7. The van der Waals surface area contributed by atoms with Crippen LogP contribution < -0.4 is 15.5 Å². The van der Waals surface area contributed by atoms with Crippen LogP contribution in [0.3, 0.4) is 0 Å². The highest BCUT2D eigenvalue weighted by molar-refractivity contribution is 5.92. The first kappa shape index (κ1) is 22.6. The van der Waals surface area contributed by atoms with Gasteiger partial charge in [0.1, 0.15) is 17.5 Å². The van der Waals surface area contributed by atoms with Gasteiger partial charge in [0.25, 0.3) is 0 Å². The number of anilines is 4. The third kappa shape index (κ3) is 6.00. The number of halogens is 3. The molecule has 2 aromatic carbocycles. The van der Waals surface area contributed by atoms with Crippen LogP contribution in [-0.4, -0.2) is 29.0 Å². The summed E-state index contributed by atoms with van der Waals surface area (Å²) in [7, 11) is 0. The molecule has 1 aliphatic rings. The lowest BCUT2D eigenvalue weighted by Gasteiger charge is -2.18. The molecule has 0 spiro atoms. The molecule has 33 heavy (non-hydrogen) atoms. The fraction of sp³-hybridized carbons (Fsp3) is 0.292. The van der Waals surface area contributed by atoms with Crippen LogP contribution in [0.4, 0.5) is 36.2 Å². The van der Waals surface area contributed by atoms with Gasteiger partial charge in [-0.3, -0.25) is 4.79 Å². The topological polar surface area (TPSA) is 70.2 Å². The SMILES string of the molecule is Cc1nc(Nc2ccc(NC(=O)Cc3cccc(C(F)(F)F)c3)cc2)cc(N2CCCC2)n1. The summed E-state index contributed by atoms with van der Waals surface area (Å²) < 4.78 is 38.6. The van der Waals surface area contributed by atoms with Crippen molar-refractivity contribution in [3.05, 3.63) is 71.5 Å². The van der Waals surface area contributed by atoms with Crippen LogP contribution >= 0.6 is 0 Å². The summed E-state index contributed by atoms with van der Waals surface area (Å²) in [6, 6.07) is 13.7. The maximum Gasteiger partial charge on any atom is 0.416 e. The fourth-order valence-corrected chi connectivity index (χ4v) is 3.76. The second-order valence-corrected chi connectivity index (χ2v) is 7.98. The monoisotopic (exact) mass is 455 g/mol. The Labute approximate surface area is 189 Å². The van der Waals surface area contributed by atoms with Crippen molar-refractivity contribution in [1.29, 1.82) is 0 Å². The van der Waals surface area contributed by atoms with Crippen LogP contribution in [-0.2, 0) is 17.4 Å². The zero-order valence-electron chi connectivity index (χ0n) is 18.1. The molecule has 9 heteroatoms. The second-order valence-electron chi connectivity index (χ2n) is 7.98. The molecule has 0 radical (unpaired) electrons. The molecule has 3 aromatic rings. The highest BCUT2D eigenvalue weighted by Gasteiger charge is 2.30. The number of amides is 1. The van der Waals surface area contributed by atoms with Crippen molar-refractivity contribution in [3.63, 3.8) is 0 Å². The first-order valence-corrected chi connectivity index (χ1v) is 10.7. The van der Waals surface area contributed by atoms with E-state index in [1.165, 1.54) is 12.1 Å². The van der Waals surface area contributed by atoms with Crippen LogP contribution in [0, 0.1) is 6.92 Å². The van der Waals surface area contributed by atoms with Crippen molar-refractivity contribution in [1.82, 2.24) is 9.97 Å². The standard InChI is InChI=1S/C24H24F3N5O/c1-16-28-21(15-22(29-16)32-11-2-3-12-32)30-19-7-9-20(10-8-19)31-23(33)14-17-5-4-6-18(13-17)24(25,26)27/h4-10,13,15H,2-3,11-12,14H2,1H3,(H,31,33)(H,28,29,30). The minimum absolute atomic E-state index is 0.149. The van der Waals surface area contributed by atoms with E-state index in [4.69, 9.17) is 0 Å². The van der Waals surface area contributed by atoms with E-state index in [9.17, 15) is 18.0 Å². The average Bonchev–Trinajstić information content (AvgIpc) is 3.29. The van der Waals surface area contributed by atoms with E-state index in [1.807, 2.05) is 13.0 Å². The molecule has 2 heterocycles. The van der Waals surface area contributed by atoms with Gasteiger partial charge in [-0.05, 0) is 55.7 Å². The Hall–Kier alpha value is -3.62. The number of hydrogen-bond donors (Lipinski definition) is 2. The Balaban J connectivity index is 1.37. The normalized spacial score (nSPS) is 13.8. The number of aryl methyl sites for hydroxylation is 1. The third-order valence-electron chi connectivity index (χ3n) is 5.31. The summed E-state index contributed by atoms with van der Waals surface area (Å²) in [5, 5.41) is 5.97. The van der Waals surface area contributed by atoms with E-state index >= 15 is 0 Å². The van der Waals surface area contributed by atoms with Gasteiger partial charge in [-0.25, -0.2) is 9.97 Å². The minimum Gasteiger partial charge on any atom is -0.356 e. The van der Waals surface area contributed by atoms with Crippen LogP contribution in [0.2, 0.25) is 0 Å². The Morgan fingerprint density at radius 1 is 1.00 bits per heavy atom. The summed E-state index contributed by atoms with van der Waals surface area (Å²) in [5.41, 5.74) is 0.870. The number of nitrogens with one attached hydrogen (secondary N) is 2. The molecule has 1 aromatic heterocycles. The van der Waals surface area contributed by atoms with Crippen LogP contribution in [0.15, 0.2) is 54.6 Å². The molecule has 172 valence electrons. The predicted molar refractivity (Wildman–Crippen MR) is 122 cm³/mol. The van der Waals surface area contributed by atoms with E-state index in [2.05, 4.69) is 25.5 Å². The molecular formula is C24H24F3N5O. The molecule has 1 amide bonds. The third-order valence-corrected chi connectivity index (χ3v) is 5.31. The summed E-state index contributed by atoms with van der Waals surface area (Å²) in [6.45, 7) is 3.84. The van der Waals surface area contributed by atoms with Gasteiger partial charge in [0.2, 0.25) is 5.91 Å². The predicted octanol–water partition coefficient (Wildman–Crippen LogP) is 5.33. The smallest absolute Gasteiger partial charge is 0.356 e. The Morgan fingerprint density at radius 3 is 2.39 bits per heavy atom. The number of rotatable bonds is 6. The lowest BCUT2D eigenvalue weighted by molar-refractivity contribution is -0.137. The van der Waals surface area contributed by atoms with Crippen molar-refractivity contribution in [2.24, 2.45) is 0 Å². The molecule has 0 atom stereocenters. The Morgan fingerprint density at radius 2 is 1.70 bits per heavy atom. The maximum absolute atomic E-state index is 12.9. The number of carbonyl (C=O) groups excluding carboxylic acids is 1. The molecule has 1 saturated heterocycles. The Kier molecular flexibility index (Phi) is 6.48. The molecule has 6 nitrogen and oxygen atoms in total. The van der Waals surface area contributed by atoms with E-state index in [0.29, 0.717) is 22.9 Å². The molecule has 0 bridgehead atoms. The minimum atomic E-state index is -4.44. The summed E-state index contributed by atoms with van der Waals surface area (Å²) in [4.78, 5) is 23.5. The number of benzene rings is 2. The van der Waals surface area contributed by atoms with E-state index in [-0.39, 0.29) is 6.42 Å². The van der Waals surface area contributed by atoms with E-state index < -0.39 is 17.6 Å². The number of nitrogens with zero attached hydrogens (tertiary/aromatic N) is 3. The van der Waals surface area contributed by atoms with E-state index in [0.717, 1.165) is 49.6 Å². The Bertz CT molecular complexity index is 1130. The van der Waals surface area contributed by atoms with Crippen molar-refractivity contribution in [2.75, 3.05) is 28.6 Å². The molecule has 1 aliphatic heterocycles. The van der Waals surface area contributed by atoms with Crippen LogP contribution in [0.5, 0.6) is 0 Å². The zero-order chi connectivity index (χ0) is 23.4. The molecule has 2 N–H and O–H groups in total. The number of carbonyl (C=O) groups is 1. The lowest BCUT2D eigenvalue weighted by Crippen LogP contribution is -2.19. The molecular weight excluding hydrogens is 431 g/mol. The molecule has 1 fully saturated rings. The van der Waals surface area contributed by atoms with Gasteiger partial charge < -0.3 is 15.5 Å². The molecule has 0 saturated carbocycles. The lowest BCUT2D eigenvalue weighted by atomic mass is 10.1. The first-order chi connectivity index (χ1) is 15.8. The summed E-state index contributed by atoms with van der Waals surface area (Å²) >= 11 is 0. The number of aromatic nitrogens is 2. The maximum atomic E-state index is 12.9. The highest BCUT2D eigenvalue weighted by Crippen LogP contribution is 2.29. The van der Waals surface area contributed by atoms with Gasteiger partial charge in [0, 0.05) is 30.5 Å². The van der Waals surface area contributed by atoms with Crippen molar-refractivity contribution < 1.29 is 18.0 Å². The van der Waals surface area contributed by atoms with Gasteiger partial charge >= 0.3 is 6.18 Å². The molecule has 4 rings (SSSR count). The van der Waals surface area contributed by atoms with Gasteiger partial charge in [-0.15, -0.1) is 0 Å². The van der Waals surface area contributed by atoms with Gasteiger partial charge in [0.15, 0.2) is 0 Å². The van der Waals surface area contributed by atoms with Crippen LogP contribution in [0.1, 0.15) is 29.8 Å². The van der Waals surface area contributed by atoms with Gasteiger partial charge in [0.05, 0.1) is 12.0 Å². The van der Waals surface area contributed by atoms with Gasteiger partial charge in [-0.2, -0.15) is 13.2 Å². The fourth-order valence-electron chi connectivity index (χ4n) is 3.76. The van der Waals surface area contributed by atoms with Crippen molar-refractivity contribution >= 4 is 28.9 Å². The molecule has 0 aliphatic carbocycles. The molecule has 0 unspecified atom stereocenters. The average molecular weight is 455 g/mol. The zero-order valence-corrected chi connectivity index (χ0v) is 18.1. The second kappa shape index (κ2) is 9.48. The van der Waals surface area contributed by atoms with Gasteiger partial charge in [-0.1, -0.05) is 18.2 Å². The largest absolute Gasteiger partial charge is 0.416 e. The highest BCUT2D eigenvalue weighted by atomic mass is 19.4. The summed E-state index contributed by atoms with van der Waals surface area (Å²) in [5.74, 6) is 1.88. The van der Waals surface area contributed by atoms with Crippen molar-refractivity contribution in [2.45, 2.75) is 32.4 Å². The van der Waals surface area contributed by atoms with E-state index in [1.54, 1.807) is 24.3 Å². The quantitative estimate of drug-likeness (QED) is 0.526. The number of alkyl halides is 3.